The van der Waals surface area contributed by atoms with Gasteiger partial charge in [0.15, 0.2) is 0 Å². The lowest BCUT2D eigenvalue weighted by Gasteiger charge is -2.40. The lowest BCUT2D eigenvalue weighted by Crippen LogP contribution is -2.61. The number of nitrogens with zero attached hydrogens (tertiary/aromatic N) is 2. The monoisotopic (exact) mass is 500 g/mol. The Bertz CT molecular complexity index is 1190. The summed E-state index contributed by atoms with van der Waals surface area (Å²) in [6.07, 6.45) is 0.736. The molecule has 4 amide bonds. The second-order valence-corrected chi connectivity index (χ2v) is 9.57. The number of urea groups is 1. The zero-order valence-electron chi connectivity index (χ0n) is 19.6. The van der Waals surface area contributed by atoms with Gasteiger partial charge < -0.3 is 20.4 Å². The van der Waals surface area contributed by atoms with Crippen LogP contribution in [0.1, 0.15) is 48.0 Å². The molecule has 0 bridgehead atoms. The number of hydrogen-bond donors (Lipinski definition) is 2. The third-order valence-corrected chi connectivity index (χ3v) is 7.19. The van der Waals surface area contributed by atoms with E-state index in [1.165, 1.54) is 29.5 Å². The third-order valence-electron chi connectivity index (χ3n) is 7.19. The number of hydrogen-bond acceptors (Lipinski definition) is 3. The third kappa shape index (κ3) is 4.76. The molecule has 1 atom stereocenters. The van der Waals surface area contributed by atoms with Gasteiger partial charge in [0.05, 0.1) is 23.4 Å². The molecule has 2 aromatic rings. The number of carbonyl (C=O) groups excluding carboxylic acids is 3. The Labute approximate surface area is 206 Å². The molecule has 2 N–H and O–H groups in total. The van der Waals surface area contributed by atoms with Crippen LogP contribution in [0.4, 0.5) is 23.7 Å². The minimum absolute atomic E-state index is 0.0740. The number of fused-ring (bicyclic) bond motifs is 2. The summed E-state index contributed by atoms with van der Waals surface area (Å²) in [7, 11) is 0. The zero-order chi connectivity index (χ0) is 25.4. The van der Waals surface area contributed by atoms with Crippen molar-refractivity contribution in [1.82, 2.24) is 15.1 Å². The molecule has 1 aliphatic carbocycles. The Morgan fingerprint density at radius 1 is 0.972 bits per heavy atom. The quantitative estimate of drug-likeness (QED) is 0.638. The van der Waals surface area contributed by atoms with Crippen LogP contribution < -0.4 is 10.6 Å². The molecule has 1 saturated heterocycles. The Kier molecular flexibility index (Phi) is 6.36. The number of nitrogens with one attached hydrogen (secondary N) is 2. The molecular formula is C26H27F3N4O3. The average Bonchev–Trinajstić information content (AvgIpc) is 2.98. The van der Waals surface area contributed by atoms with E-state index in [9.17, 15) is 27.6 Å². The molecule has 36 heavy (non-hydrogen) atoms. The number of benzene rings is 2. The summed E-state index contributed by atoms with van der Waals surface area (Å²) >= 11 is 0. The number of anilines is 1. The summed E-state index contributed by atoms with van der Waals surface area (Å²) < 4.78 is 39.5. The van der Waals surface area contributed by atoms with E-state index in [2.05, 4.69) is 10.6 Å². The predicted octanol–water partition coefficient (Wildman–Crippen LogP) is 4.49. The molecule has 10 heteroatoms. The summed E-state index contributed by atoms with van der Waals surface area (Å²) in [6, 6.07) is 8.57. The van der Waals surface area contributed by atoms with E-state index in [1.807, 2.05) is 0 Å². The van der Waals surface area contributed by atoms with Crippen molar-refractivity contribution in [1.29, 1.82) is 0 Å². The first-order chi connectivity index (χ1) is 17.2. The van der Waals surface area contributed by atoms with Crippen molar-refractivity contribution in [2.45, 2.75) is 50.4 Å². The van der Waals surface area contributed by atoms with E-state index < -0.39 is 29.6 Å². The molecule has 0 spiro atoms. The lowest BCUT2D eigenvalue weighted by molar-refractivity contribution is -0.137. The number of alkyl halides is 3. The summed E-state index contributed by atoms with van der Waals surface area (Å²) in [4.78, 5) is 42.3. The van der Waals surface area contributed by atoms with E-state index >= 15 is 0 Å². The van der Waals surface area contributed by atoms with Crippen molar-refractivity contribution < 1.29 is 27.6 Å². The standard InChI is InChI=1S/C26H27F3N4O3/c27-26(28,29)18-6-4-5-16(13-18)17-9-10-21-20(14-17)24(35)33-12-11-32(15-22(33)23(34)31-21)25(36)30-19-7-2-1-3-8-19/h4-6,9-10,13-14,19,22H,1-3,7-8,11-12,15H2,(H,30,36)(H,31,34)/t22-/m1/s1. The van der Waals surface area contributed by atoms with Crippen LogP contribution in [0, 0.1) is 0 Å². The lowest BCUT2D eigenvalue weighted by atomic mass is 9.96. The first-order valence-corrected chi connectivity index (χ1v) is 12.2. The van der Waals surface area contributed by atoms with Crippen molar-refractivity contribution in [2.75, 3.05) is 25.0 Å². The van der Waals surface area contributed by atoms with Crippen LogP contribution in [0.3, 0.4) is 0 Å². The number of piperazine rings is 1. The Morgan fingerprint density at radius 2 is 1.72 bits per heavy atom. The molecule has 0 aromatic heterocycles. The van der Waals surface area contributed by atoms with Gasteiger partial charge >= 0.3 is 12.2 Å². The Hall–Kier alpha value is -3.56. The van der Waals surface area contributed by atoms with Gasteiger partial charge in [0.25, 0.3) is 5.91 Å². The average molecular weight is 501 g/mol. The van der Waals surface area contributed by atoms with Gasteiger partial charge in [-0.25, -0.2) is 4.79 Å². The van der Waals surface area contributed by atoms with Gasteiger partial charge in [-0.05, 0) is 48.2 Å². The first kappa shape index (κ1) is 24.1. The number of halogens is 3. The maximum Gasteiger partial charge on any atom is 0.416 e. The molecule has 2 aromatic carbocycles. The fourth-order valence-electron chi connectivity index (χ4n) is 5.20. The van der Waals surface area contributed by atoms with Gasteiger partial charge in [0.1, 0.15) is 6.04 Å². The molecule has 3 aliphatic rings. The Balaban J connectivity index is 1.36. The second-order valence-electron chi connectivity index (χ2n) is 9.57. The Morgan fingerprint density at radius 3 is 2.47 bits per heavy atom. The van der Waals surface area contributed by atoms with E-state index in [0.717, 1.165) is 37.8 Å². The fourth-order valence-corrected chi connectivity index (χ4v) is 5.20. The van der Waals surface area contributed by atoms with Crippen molar-refractivity contribution in [3.63, 3.8) is 0 Å². The van der Waals surface area contributed by atoms with Crippen LogP contribution in [-0.2, 0) is 11.0 Å². The summed E-state index contributed by atoms with van der Waals surface area (Å²) in [5.41, 5.74) is 0.481. The summed E-state index contributed by atoms with van der Waals surface area (Å²) in [5.74, 6) is -0.793. The minimum Gasteiger partial charge on any atom is -0.335 e. The van der Waals surface area contributed by atoms with Gasteiger partial charge in [0.2, 0.25) is 5.91 Å². The van der Waals surface area contributed by atoms with Crippen molar-refractivity contribution in [3.8, 4) is 11.1 Å². The molecule has 2 aliphatic heterocycles. The molecule has 0 radical (unpaired) electrons. The van der Waals surface area contributed by atoms with E-state index in [1.54, 1.807) is 17.0 Å². The first-order valence-electron chi connectivity index (χ1n) is 12.2. The van der Waals surface area contributed by atoms with Gasteiger partial charge in [-0.3, -0.25) is 9.59 Å². The highest BCUT2D eigenvalue weighted by Crippen LogP contribution is 2.34. The second kappa shape index (κ2) is 9.48. The highest BCUT2D eigenvalue weighted by molar-refractivity contribution is 6.10. The number of rotatable bonds is 2. The highest BCUT2D eigenvalue weighted by Gasteiger charge is 2.41. The van der Waals surface area contributed by atoms with Gasteiger partial charge in [-0.15, -0.1) is 0 Å². The summed E-state index contributed by atoms with van der Waals surface area (Å²) in [6.45, 7) is 0.545. The van der Waals surface area contributed by atoms with Crippen molar-refractivity contribution in [3.05, 3.63) is 53.6 Å². The van der Waals surface area contributed by atoms with E-state index in [0.29, 0.717) is 16.8 Å². The normalized spacial score (nSPS) is 20.8. The molecular weight excluding hydrogens is 473 g/mol. The largest absolute Gasteiger partial charge is 0.416 e. The SMILES string of the molecule is O=C1Nc2ccc(-c3cccc(C(F)(F)F)c3)cc2C(=O)N2CCN(C(=O)NC3CCCCC3)C[C@H]12. The van der Waals surface area contributed by atoms with Gasteiger partial charge in [-0.2, -0.15) is 13.2 Å². The molecule has 190 valence electrons. The van der Waals surface area contributed by atoms with E-state index in [4.69, 9.17) is 0 Å². The minimum atomic E-state index is -4.48. The van der Waals surface area contributed by atoms with Crippen LogP contribution in [0.25, 0.3) is 11.1 Å². The van der Waals surface area contributed by atoms with Crippen molar-refractivity contribution in [2.24, 2.45) is 0 Å². The van der Waals surface area contributed by atoms with Crippen LogP contribution in [-0.4, -0.2) is 59.4 Å². The van der Waals surface area contributed by atoms with E-state index in [-0.39, 0.29) is 37.3 Å². The maximum atomic E-state index is 13.5. The molecule has 1 saturated carbocycles. The topological polar surface area (TPSA) is 81.8 Å². The van der Waals surface area contributed by atoms with Crippen LogP contribution >= 0.6 is 0 Å². The smallest absolute Gasteiger partial charge is 0.335 e. The molecule has 2 heterocycles. The maximum absolute atomic E-state index is 13.5. The zero-order valence-corrected chi connectivity index (χ0v) is 19.6. The molecule has 2 fully saturated rings. The van der Waals surface area contributed by atoms with Crippen molar-refractivity contribution >= 4 is 23.5 Å². The number of carbonyl (C=O) groups is 3. The van der Waals surface area contributed by atoms with Crippen LogP contribution in [0.15, 0.2) is 42.5 Å². The molecule has 7 nitrogen and oxygen atoms in total. The van der Waals surface area contributed by atoms with Crippen LogP contribution in [0.5, 0.6) is 0 Å². The van der Waals surface area contributed by atoms with Crippen LogP contribution in [0.2, 0.25) is 0 Å². The molecule has 5 rings (SSSR count). The fraction of sp³-hybridized carbons (Fsp3) is 0.423. The van der Waals surface area contributed by atoms with Gasteiger partial charge in [0, 0.05) is 19.1 Å². The van der Waals surface area contributed by atoms with Gasteiger partial charge in [-0.1, -0.05) is 37.5 Å². The number of amides is 4. The predicted molar refractivity (Wildman–Crippen MR) is 127 cm³/mol. The molecule has 0 unspecified atom stereocenters. The highest BCUT2D eigenvalue weighted by atomic mass is 19.4. The summed E-state index contributed by atoms with van der Waals surface area (Å²) in [5, 5.41) is 5.82.